The number of methoxy groups -OCH3 is 3. The van der Waals surface area contributed by atoms with Crippen LogP contribution in [0.4, 0.5) is 4.39 Å². The maximum absolute atomic E-state index is 12.9. The van der Waals surface area contributed by atoms with Crippen LogP contribution in [-0.2, 0) is 13.1 Å². The van der Waals surface area contributed by atoms with E-state index < -0.39 is 0 Å². The molecular formula is C15H19ClFNO3S. The van der Waals surface area contributed by atoms with Gasteiger partial charge in [0.1, 0.15) is 0 Å². The van der Waals surface area contributed by atoms with Gasteiger partial charge in [-0.25, -0.2) is 0 Å². The van der Waals surface area contributed by atoms with Crippen LogP contribution in [0.25, 0.3) is 0 Å². The molecule has 0 saturated heterocycles. The van der Waals surface area contributed by atoms with E-state index in [0.717, 1.165) is 21.8 Å². The third-order valence-corrected chi connectivity index (χ3v) is 3.90. The van der Waals surface area contributed by atoms with Crippen LogP contribution in [0.1, 0.15) is 10.4 Å². The molecule has 7 heteroatoms. The lowest BCUT2D eigenvalue weighted by Crippen LogP contribution is -2.13. The van der Waals surface area contributed by atoms with Gasteiger partial charge in [-0.05, 0) is 18.2 Å². The highest BCUT2D eigenvalue weighted by atomic mass is 35.5. The lowest BCUT2D eigenvalue weighted by molar-refractivity contribution is 0.321. The Labute approximate surface area is 139 Å². The zero-order valence-electron chi connectivity index (χ0n) is 12.6. The molecule has 2 aromatic rings. The first-order chi connectivity index (χ1) is 10.2. The van der Waals surface area contributed by atoms with Crippen LogP contribution >= 0.6 is 23.7 Å². The van der Waals surface area contributed by atoms with Crippen LogP contribution in [0.15, 0.2) is 24.3 Å². The normalized spacial score (nSPS) is 10.0. The van der Waals surface area contributed by atoms with Gasteiger partial charge in [-0.3, -0.25) is 0 Å². The summed E-state index contributed by atoms with van der Waals surface area (Å²) < 4.78 is 28.9. The number of rotatable bonds is 7. The third kappa shape index (κ3) is 4.25. The second-order valence-corrected chi connectivity index (χ2v) is 5.42. The molecule has 4 nitrogen and oxygen atoms in total. The predicted octanol–water partition coefficient (Wildman–Crippen LogP) is 3.62. The van der Waals surface area contributed by atoms with E-state index in [2.05, 4.69) is 5.32 Å². The van der Waals surface area contributed by atoms with Crippen molar-refractivity contribution in [3.63, 3.8) is 0 Å². The first-order valence-corrected chi connectivity index (χ1v) is 7.24. The predicted molar refractivity (Wildman–Crippen MR) is 88.2 cm³/mol. The van der Waals surface area contributed by atoms with Crippen LogP contribution in [0.3, 0.4) is 0 Å². The molecule has 1 N–H and O–H groups in total. The smallest absolute Gasteiger partial charge is 0.203 e. The molecule has 1 aromatic carbocycles. The van der Waals surface area contributed by atoms with Crippen LogP contribution in [-0.4, -0.2) is 21.3 Å². The van der Waals surface area contributed by atoms with Gasteiger partial charge in [0.05, 0.1) is 21.3 Å². The average Bonchev–Trinajstić information content (AvgIpc) is 2.91. The lowest BCUT2D eigenvalue weighted by Gasteiger charge is -2.16. The van der Waals surface area contributed by atoms with Crippen molar-refractivity contribution in [1.29, 1.82) is 0 Å². The van der Waals surface area contributed by atoms with E-state index >= 15 is 0 Å². The van der Waals surface area contributed by atoms with Gasteiger partial charge in [0.15, 0.2) is 16.6 Å². The van der Waals surface area contributed by atoms with Crippen LogP contribution < -0.4 is 19.5 Å². The van der Waals surface area contributed by atoms with E-state index in [-0.39, 0.29) is 17.5 Å². The molecule has 0 aliphatic carbocycles. The number of nitrogens with one attached hydrogen (secondary N) is 1. The first kappa shape index (κ1) is 18.5. The Morgan fingerprint density at radius 3 is 2.23 bits per heavy atom. The Kier molecular flexibility index (Phi) is 7.44. The van der Waals surface area contributed by atoms with E-state index in [1.165, 1.54) is 6.07 Å². The molecule has 0 aliphatic rings. The number of halogens is 2. The van der Waals surface area contributed by atoms with E-state index in [4.69, 9.17) is 14.2 Å². The van der Waals surface area contributed by atoms with Crippen LogP contribution in [0, 0.1) is 5.13 Å². The summed E-state index contributed by atoms with van der Waals surface area (Å²) in [6.45, 7) is 1.19. The van der Waals surface area contributed by atoms with Gasteiger partial charge in [0, 0.05) is 23.5 Å². The number of hydrogen-bond donors (Lipinski definition) is 1. The van der Waals surface area contributed by atoms with Crippen LogP contribution in [0.5, 0.6) is 17.2 Å². The van der Waals surface area contributed by atoms with Gasteiger partial charge in [-0.2, -0.15) is 4.39 Å². The Bertz CT molecular complexity index is 606. The average molecular weight is 348 g/mol. The van der Waals surface area contributed by atoms with Crippen molar-refractivity contribution in [1.82, 2.24) is 5.32 Å². The van der Waals surface area contributed by atoms with Gasteiger partial charge in [0.2, 0.25) is 5.75 Å². The van der Waals surface area contributed by atoms with E-state index in [9.17, 15) is 4.39 Å². The van der Waals surface area contributed by atoms with Gasteiger partial charge >= 0.3 is 0 Å². The van der Waals surface area contributed by atoms with Crippen molar-refractivity contribution in [2.24, 2.45) is 0 Å². The summed E-state index contributed by atoms with van der Waals surface area (Å²) in [5, 5.41) is 3.09. The molecular weight excluding hydrogens is 329 g/mol. The van der Waals surface area contributed by atoms with E-state index in [1.807, 2.05) is 12.1 Å². The molecule has 0 saturated carbocycles. The Hall–Kier alpha value is -1.50. The van der Waals surface area contributed by atoms with Crippen molar-refractivity contribution in [3.05, 3.63) is 39.8 Å². The highest BCUT2D eigenvalue weighted by Gasteiger charge is 2.15. The maximum atomic E-state index is 12.9. The molecule has 0 atom stereocenters. The van der Waals surface area contributed by atoms with Gasteiger partial charge < -0.3 is 19.5 Å². The lowest BCUT2D eigenvalue weighted by atomic mass is 10.1. The fourth-order valence-electron chi connectivity index (χ4n) is 2.07. The summed E-state index contributed by atoms with van der Waals surface area (Å²) >= 11 is 1.14. The molecule has 122 valence electrons. The van der Waals surface area contributed by atoms with Gasteiger partial charge in [0.25, 0.3) is 0 Å². The quantitative estimate of drug-likeness (QED) is 0.830. The number of hydrogen-bond acceptors (Lipinski definition) is 5. The minimum absolute atomic E-state index is 0. The Balaban J connectivity index is 0.00000242. The maximum Gasteiger partial charge on any atom is 0.203 e. The Morgan fingerprint density at radius 2 is 1.68 bits per heavy atom. The summed E-state index contributed by atoms with van der Waals surface area (Å²) in [7, 11) is 4.75. The molecule has 0 unspecified atom stereocenters. The zero-order chi connectivity index (χ0) is 15.2. The molecule has 2 rings (SSSR count). The number of ether oxygens (including phenoxy) is 3. The second-order valence-electron chi connectivity index (χ2n) is 4.30. The van der Waals surface area contributed by atoms with E-state index in [0.29, 0.717) is 30.3 Å². The number of thiophene rings is 1. The molecule has 0 aliphatic heterocycles. The minimum atomic E-state index is -0.171. The fourth-order valence-corrected chi connectivity index (χ4v) is 2.77. The molecule has 0 bridgehead atoms. The van der Waals surface area contributed by atoms with Gasteiger partial charge in [-0.1, -0.05) is 6.07 Å². The third-order valence-electron chi connectivity index (χ3n) is 3.03. The summed E-state index contributed by atoms with van der Waals surface area (Å²) in [5.74, 6) is 1.83. The number of benzene rings is 1. The first-order valence-electron chi connectivity index (χ1n) is 6.42. The summed E-state index contributed by atoms with van der Waals surface area (Å²) in [6.07, 6.45) is 0. The van der Waals surface area contributed by atoms with Crippen molar-refractivity contribution in [2.75, 3.05) is 21.3 Å². The highest BCUT2D eigenvalue weighted by Crippen LogP contribution is 2.39. The zero-order valence-corrected chi connectivity index (χ0v) is 14.3. The molecule has 1 aromatic heterocycles. The molecule has 0 spiro atoms. The Morgan fingerprint density at radius 1 is 0.955 bits per heavy atom. The van der Waals surface area contributed by atoms with Crippen molar-refractivity contribution in [3.8, 4) is 17.2 Å². The largest absolute Gasteiger partial charge is 0.493 e. The molecule has 0 amide bonds. The molecule has 0 radical (unpaired) electrons. The summed E-state index contributed by atoms with van der Waals surface area (Å²) in [4.78, 5) is 0.951. The monoisotopic (exact) mass is 347 g/mol. The van der Waals surface area contributed by atoms with Crippen molar-refractivity contribution < 1.29 is 18.6 Å². The van der Waals surface area contributed by atoms with Crippen LogP contribution in [0.2, 0.25) is 0 Å². The van der Waals surface area contributed by atoms with Crippen molar-refractivity contribution in [2.45, 2.75) is 13.1 Å². The minimum Gasteiger partial charge on any atom is -0.493 e. The topological polar surface area (TPSA) is 39.7 Å². The van der Waals surface area contributed by atoms with E-state index in [1.54, 1.807) is 27.4 Å². The molecule has 22 heavy (non-hydrogen) atoms. The van der Waals surface area contributed by atoms with Crippen molar-refractivity contribution >= 4 is 23.7 Å². The summed E-state index contributed by atoms with van der Waals surface area (Å²) in [6, 6.07) is 7.00. The summed E-state index contributed by atoms with van der Waals surface area (Å²) in [5.41, 5.74) is 0.951. The van der Waals surface area contributed by atoms with Gasteiger partial charge in [-0.15, -0.1) is 23.7 Å². The SMILES string of the molecule is COc1ccc(CNCc2ccc(F)s2)c(OC)c1OC.Cl. The standard InChI is InChI=1S/C15H18FNO3S.ClH/c1-18-12-6-4-10(14(19-2)15(12)20-3)8-17-9-11-5-7-13(16)21-11;/h4-7,17H,8-9H2,1-3H3;1H. The second kappa shape index (κ2) is 8.82. The molecule has 1 heterocycles. The molecule has 0 fully saturated rings. The fraction of sp³-hybridized carbons (Fsp3) is 0.333. The highest BCUT2D eigenvalue weighted by molar-refractivity contribution is 7.10.